The highest BCUT2D eigenvalue weighted by Gasteiger charge is 2.43. The Balaban J connectivity index is 1.02. The molecule has 55 heavy (non-hydrogen) atoms. The van der Waals surface area contributed by atoms with Gasteiger partial charge >= 0.3 is 29.2 Å². The maximum Gasteiger partial charge on any atom is 0.490 e. The van der Waals surface area contributed by atoms with Gasteiger partial charge in [-0.1, -0.05) is 37.1 Å². The van der Waals surface area contributed by atoms with Gasteiger partial charge in [0.2, 0.25) is 5.91 Å². The van der Waals surface area contributed by atoms with E-state index in [1.165, 1.54) is 0 Å². The standard InChI is InChI=1S/C30H37N6O16P3/c37-22-15-25(50-23(22)17-49-54(45,46)52-55(47,48)51-53(42,43)44)36-16-20(28(39)35-30(36)41)14-24(38)31-11-3-1-2-4-12-33-29(40)21-10-9-19-8-7-18-6-5-13-32-26(18)27(19)34-21/h5-10,13,16,22-23,25,37H,1-4,11-12,14-15,17H2,(H,31,38)(H,33,40)(H,45,46)(H,47,48)(H,35,39,41)(H2,42,43,44)/t22-,23+,25+/m0/s1. The lowest BCUT2D eigenvalue weighted by Crippen LogP contribution is -2.36. The number of carbonyl (C=O) groups excluding carboxylic acids is 2. The molecule has 1 aliphatic heterocycles. The highest BCUT2D eigenvalue weighted by molar-refractivity contribution is 7.66. The summed E-state index contributed by atoms with van der Waals surface area (Å²) in [4.78, 5) is 97.4. The van der Waals surface area contributed by atoms with Crippen LogP contribution in [0.3, 0.4) is 0 Å². The monoisotopic (exact) mass is 830 g/mol. The number of aromatic nitrogens is 4. The first kappa shape index (κ1) is 42.1. The van der Waals surface area contributed by atoms with Gasteiger partial charge in [0, 0.05) is 48.2 Å². The first-order valence-electron chi connectivity index (χ1n) is 16.6. The fraction of sp³-hybridized carbons (Fsp3) is 0.400. The number of amides is 2. The Kier molecular flexibility index (Phi) is 13.7. The van der Waals surface area contributed by atoms with Gasteiger partial charge in [0.1, 0.15) is 18.0 Å². The number of aliphatic hydroxyl groups excluding tert-OH is 1. The van der Waals surface area contributed by atoms with Crippen LogP contribution in [0.4, 0.5) is 0 Å². The van der Waals surface area contributed by atoms with Crippen molar-refractivity contribution < 1.29 is 65.8 Å². The summed E-state index contributed by atoms with van der Waals surface area (Å²) in [5.74, 6) is -0.820. The quantitative estimate of drug-likeness (QED) is 0.0398. The van der Waals surface area contributed by atoms with E-state index >= 15 is 0 Å². The maximum atomic E-state index is 12.7. The van der Waals surface area contributed by atoms with Crippen LogP contribution in [0.1, 0.15) is 54.4 Å². The number of benzene rings is 1. The molecule has 4 aromatic rings. The SMILES string of the molecule is O=C(Cc1cn([C@H]2C[C@H](O)[C@@H](COP(=O)(O)OP(=O)(O)OP(=O)(O)O)O2)c(=O)[nH]c1=O)NCCCCCCNC(=O)c1ccc2ccc3cccnc3c2n1. The molecule has 4 heterocycles. The van der Waals surface area contributed by atoms with Crippen molar-refractivity contribution in [2.24, 2.45) is 0 Å². The molecule has 8 N–H and O–H groups in total. The minimum atomic E-state index is -5.77. The van der Waals surface area contributed by atoms with E-state index in [2.05, 4.69) is 38.7 Å². The van der Waals surface area contributed by atoms with Crippen LogP contribution in [0.5, 0.6) is 0 Å². The Morgan fingerprint density at radius 3 is 2.29 bits per heavy atom. The van der Waals surface area contributed by atoms with Gasteiger partial charge in [-0.25, -0.2) is 23.5 Å². The van der Waals surface area contributed by atoms with Crippen LogP contribution in [0.2, 0.25) is 0 Å². The molecule has 2 amide bonds. The smallest absolute Gasteiger partial charge is 0.390 e. The topological polar surface area (TPSA) is 328 Å². The van der Waals surface area contributed by atoms with Crippen LogP contribution >= 0.6 is 23.5 Å². The summed E-state index contributed by atoms with van der Waals surface area (Å²) in [6.07, 6.45) is 0.664. The molecule has 25 heteroatoms. The number of pyridine rings is 2. The second-order valence-electron chi connectivity index (χ2n) is 12.2. The van der Waals surface area contributed by atoms with Crippen molar-refractivity contribution in [3.63, 3.8) is 0 Å². The van der Waals surface area contributed by atoms with E-state index in [-0.39, 0.29) is 23.6 Å². The van der Waals surface area contributed by atoms with Crippen molar-refractivity contribution in [2.75, 3.05) is 19.7 Å². The molecule has 3 aromatic heterocycles. The lowest BCUT2D eigenvalue weighted by Gasteiger charge is -2.19. The van der Waals surface area contributed by atoms with Gasteiger partial charge in [0.15, 0.2) is 0 Å². The Labute approximate surface area is 310 Å². The molecule has 0 aliphatic carbocycles. The predicted molar refractivity (Wildman–Crippen MR) is 190 cm³/mol. The Morgan fingerprint density at radius 1 is 0.909 bits per heavy atom. The molecule has 1 aliphatic rings. The van der Waals surface area contributed by atoms with Crippen LogP contribution in [0.15, 0.2) is 58.4 Å². The normalized spacial score (nSPS) is 19.5. The summed E-state index contributed by atoms with van der Waals surface area (Å²) < 4.78 is 52.4. The number of H-pyrrole nitrogens is 1. The largest absolute Gasteiger partial charge is 0.490 e. The maximum absolute atomic E-state index is 12.7. The number of hydrogen-bond acceptors (Lipinski definition) is 14. The zero-order valence-corrected chi connectivity index (χ0v) is 31.3. The molecule has 0 saturated carbocycles. The van der Waals surface area contributed by atoms with E-state index in [0.717, 1.165) is 34.4 Å². The highest BCUT2D eigenvalue weighted by Crippen LogP contribution is 2.66. The van der Waals surface area contributed by atoms with Gasteiger partial charge in [-0.05, 0) is 25.0 Å². The molecule has 1 saturated heterocycles. The molecule has 1 fully saturated rings. The Bertz CT molecular complexity index is 2320. The molecule has 0 radical (unpaired) electrons. The number of ether oxygens (including phenoxy) is 1. The number of carbonyl (C=O) groups is 2. The molecule has 5 atom stereocenters. The van der Waals surface area contributed by atoms with Crippen LogP contribution in [-0.2, 0) is 42.8 Å². The van der Waals surface area contributed by atoms with Gasteiger partial charge in [-0.2, -0.15) is 8.62 Å². The van der Waals surface area contributed by atoms with E-state index in [4.69, 9.17) is 14.5 Å². The lowest BCUT2D eigenvalue weighted by molar-refractivity contribution is -0.120. The molecule has 0 bridgehead atoms. The second kappa shape index (κ2) is 17.8. The predicted octanol–water partition coefficient (Wildman–Crippen LogP) is 1.27. The Morgan fingerprint density at radius 2 is 1.58 bits per heavy atom. The van der Waals surface area contributed by atoms with Gasteiger partial charge in [0.05, 0.1) is 30.2 Å². The number of aromatic amines is 1. The number of phosphoric ester groups is 1. The fourth-order valence-electron chi connectivity index (χ4n) is 5.58. The van der Waals surface area contributed by atoms with Gasteiger partial charge in [-0.3, -0.25) is 33.4 Å². The highest BCUT2D eigenvalue weighted by atomic mass is 31.3. The van der Waals surface area contributed by atoms with Crippen molar-refractivity contribution in [1.82, 2.24) is 30.2 Å². The van der Waals surface area contributed by atoms with Crippen molar-refractivity contribution in [3.8, 4) is 0 Å². The number of hydrogen-bond donors (Lipinski definition) is 8. The number of unbranched alkanes of at least 4 members (excludes halogenated alkanes) is 3. The molecular weight excluding hydrogens is 793 g/mol. The van der Waals surface area contributed by atoms with Gasteiger partial charge in [0.25, 0.3) is 11.5 Å². The van der Waals surface area contributed by atoms with Crippen LogP contribution in [-0.4, -0.2) is 87.9 Å². The summed E-state index contributed by atoms with van der Waals surface area (Å²) >= 11 is 0. The van der Waals surface area contributed by atoms with Crippen LogP contribution in [0, 0.1) is 0 Å². The third kappa shape index (κ3) is 12.0. The zero-order valence-electron chi connectivity index (χ0n) is 28.6. The van der Waals surface area contributed by atoms with Crippen molar-refractivity contribution in [2.45, 2.75) is 57.0 Å². The molecule has 5 rings (SSSR count). The van der Waals surface area contributed by atoms with Crippen molar-refractivity contribution >= 4 is 57.1 Å². The number of nitrogens with zero attached hydrogens (tertiary/aromatic N) is 3. The van der Waals surface area contributed by atoms with E-state index in [0.29, 0.717) is 37.0 Å². The van der Waals surface area contributed by atoms with Crippen molar-refractivity contribution in [1.29, 1.82) is 0 Å². The number of fused-ring (bicyclic) bond motifs is 3. The van der Waals surface area contributed by atoms with E-state index in [1.807, 2.05) is 30.3 Å². The average Bonchev–Trinajstić information content (AvgIpc) is 3.47. The van der Waals surface area contributed by atoms with Crippen molar-refractivity contribution in [3.05, 3.63) is 80.9 Å². The molecule has 22 nitrogen and oxygen atoms in total. The number of nitrogens with one attached hydrogen (secondary N) is 3. The zero-order chi connectivity index (χ0) is 40.0. The molecular formula is C30H37N6O16P3. The first-order chi connectivity index (χ1) is 25.9. The Hall–Kier alpha value is -4.01. The second-order valence-corrected chi connectivity index (χ2v) is 16.7. The summed E-state index contributed by atoms with van der Waals surface area (Å²) in [7, 11) is -16.9. The summed E-state index contributed by atoms with van der Waals surface area (Å²) in [6, 6.07) is 11.1. The lowest BCUT2D eigenvalue weighted by atomic mass is 10.1. The van der Waals surface area contributed by atoms with E-state index in [9.17, 15) is 47.8 Å². The number of rotatable bonds is 18. The van der Waals surface area contributed by atoms with Crippen LogP contribution in [0.25, 0.3) is 21.8 Å². The van der Waals surface area contributed by atoms with Gasteiger partial charge in [-0.15, -0.1) is 0 Å². The third-order valence-electron chi connectivity index (χ3n) is 8.10. The first-order valence-corrected chi connectivity index (χ1v) is 21.1. The summed E-state index contributed by atoms with van der Waals surface area (Å²) in [6.45, 7) is -0.253. The number of aliphatic hydroxyl groups is 1. The fourth-order valence-corrected chi connectivity index (χ4v) is 8.61. The third-order valence-corrected chi connectivity index (χ3v) is 11.9. The average molecular weight is 831 g/mol. The number of phosphoric acid groups is 3. The van der Waals surface area contributed by atoms with Crippen LogP contribution < -0.4 is 21.9 Å². The summed E-state index contributed by atoms with van der Waals surface area (Å²) in [5, 5.41) is 17.7. The summed E-state index contributed by atoms with van der Waals surface area (Å²) in [5.41, 5.74) is -0.275. The molecule has 0 spiro atoms. The molecule has 2 unspecified atom stereocenters. The van der Waals surface area contributed by atoms with E-state index < -0.39 is 72.1 Å². The molecule has 298 valence electrons. The minimum Gasteiger partial charge on any atom is -0.390 e. The van der Waals surface area contributed by atoms with E-state index in [1.54, 1.807) is 12.3 Å². The van der Waals surface area contributed by atoms with Gasteiger partial charge < -0.3 is 40.1 Å². The minimum absolute atomic E-state index is 0.118. The molecule has 1 aromatic carbocycles.